The zero-order chi connectivity index (χ0) is 19.5. The highest BCUT2D eigenvalue weighted by molar-refractivity contribution is 5.79. The standard InChI is InChI=1S/C22H27NO4/c1-5-6-11-26-21-12-17(2)22(18(3)13-21)27-16-25-15-20-9-7-19(8-10-20)14-23-24-4/h5-10,12-14H,11,15-16H2,1-4H3/b6-5+,23-14?. The van der Waals surface area contributed by atoms with E-state index in [1.165, 1.54) is 7.11 Å². The first-order valence-electron chi connectivity index (χ1n) is 8.85. The molecule has 0 heterocycles. The topological polar surface area (TPSA) is 49.3 Å². The van der Waals surface area contributed by atoms with Gasteiger partial charge in [0.2, 0.25) is 0 Å². The van der Waals surface area contributed by atoms with Gasteiger partial charge in [0.25, 0.3) is 0 Å². The molecule has 0 aliphatic heterocycles. The second-order valence-electron chi connectivity index (χ2n) is 6.04. The lowest BCUT2D eigenvalue weighted by Gasteiger charge is -2.14. The summed E-state index contributed by atoms with van der Waals surface area (Å²) < 4.78 is 17.2. The van der Waals surface area contributed by atoms with Crippen LogP contribution in [-0.4, -0.2) is 26.7 Å². The molecule has 5 nitrogen and oxygen atoms in total. The Morgan fingerprint density at radius 3 is 2.33 bits per heavy atom. The number of ether oxygens (including phenoxy) is 3. The molecule has 144 valence electrons. The number of hydrogen-bond acceptors (Lipinski definition) is 5. The maximum absolute atomic E-state index is 5.82. The Morgan fingerprint density at radius 1 is 1.00 bits per heavy atom. The molecule has 0 spiro atoms. The fourth-order valence-corrected chi connectivity index (χ4v) is 2.54. The Balaban J connectivity index is 1.83. The fraction of sp³-hybridized carbons (Fsp3) is 0.318. The van der Waals surface area contributed by atoms with Gasteiger partial charge in [-0.25, -0.2) is 0 Å². The smallest absolute Gasteiger partial charge is 0.189 e. The summed E-state index contributed by atoms with van der Waals surface area (Å²) in [6.45, 7) is 7.21. The molecule has 0 bridgehead atoms. The quantitative estimate of drug-likeness (QED) is 0.199. The third-order valence-corrected chi connectivity index (χ3v) is 3.86. The average molecular weight is 369 g/mol. The molecule has 0 atom stereocenters. The van der Waals surface area contributed by atoms with Crippen LogP contribution in [0.1, 0.15) is 29.2 Å². The van der Waals surface area contributed by atoms with Crippen molar-refractivity contribution in [3.05, 3.63) is 70.8 Å². The van der Waals surface area contributed by atoms with Gasteiger partial charge in [0.15, 0.2) is 6.79 Å². The summed E-state index contributed by atoms with van der Waals surface area (Å²) in [7, 11) is 1.52. The minimum Gasteiger partial charge on any atom is -0.490 e. The van der Waals surface area contributed by atoms with Crippen molar-refractivity contribution in [3.8, 4) is 11.5 Å². The maximum Gasteiger partial charge on any atom is 0.189 e. The number of hydrogen-bond donors (Lipinski definition) is 0. The van der Waals surface area contributed by atoms with E-state index in [0.717, 1.165) is 33.8 Å². The lowest BCUT2D eigenvalue weighted by atomic mass is 10.1. The van der Waals surface area contributed by atoms with E-state index in [1.54, 1.807) is 6.21 Å². The van der Waals surface area contributed by atoms with Gasteiger partial charge in [-0.05, 0) is 55.2 Å². The van der Waals surface area contributed by atoms with Crippen LogP contribution < -0.4 is 9.47 Å². The average Bonchev–Trinajstić information content (AvgIpc) is 2.66. The van der Waals surface area contributed by atoms with Crippen LogP contribution in [0, 0.1) is 13.8 Å². The van der Waals surface area contributed by atoms with Crippen molar-refractivity contribution in [2.45, 2.75) is 27.4 Å². The van der Waals surface area contributed by atoms with E-state index in [2.05, 4.69) is 9.99 Å². The van der Waals surface area contributed by atoms with E-state index in [9.17, 15) is 0 Å². The Labute approximate surface area is 161 Å². The van der Waals surface area contributed by atoms with E-state index in [-0.39, 0.29) is 6.79 Å². The van der Waals surface area contributed by atoms with Crippen LogP contribution in [-0.2, 0) is 16.2 Å². The van der Waals surface area contributed by atoms with Crippen LogP contribution in [0.15, 0.2) is 53.7 Å². The Bertz CT molecular complexity index is 743. The van der Waals surface area contributed by atoms with Gasteiger partial charge < -0.3 is 19.0 Å². The first-order chi connectivity index (χ1) is 13.1. The molecule has 27 heavy (non-hydrogen) atoms. The first kappa shape index (κ1) is 20.5. The second kappa shape index (κ2) is 11.0. The van der Waals surface area contributed by atoms with E-state index < -0.39 is 0 Å². The van der Waals surface area contributed by atoms with E-state index in [0.29, 0.717) is 13.2 Å². The lowest BCUT2D eigenvalue weighted by molar-refractivity contribution is 0.00428. The monoisotopic (exact) mass is 369 g/mol. The third kappa shape index (κ3) is 6.79. The maximum atomic E-state index is 5.82. The molecule has 2 rings (SSSR count). The van der Waals surface area contributed by atoms with Crippen molar-refractivity contribution in [3.63, 3.8) is 0 Å². The van der Waals surface area contributed by atoms with E-state index in [1.807, 2.05) is 69.3 Å². The molecule has 0 fully saturated rings. The van der Waals surface area contributed by atoms with Crippen LogP contribution in [0.5, 0.6) is 11.5 Å². The fourth-order valence-electron chi connectivity index (χ4n) is 2.54. The Kier molecular flexibility index (Phi) is 8.39. The van der Waals surface area contributed by atoms with Crippen molar-refractivity contribution < 1.29 is 19.0 Å². The highest BCUT2D eigenvalue weighted by atomic mass is 16.7. The lowest BCUT2D eigenvalue weighted by Crippen LogP contribution is -2.05. The number of nitrogens with zero attached hydrogens (tertiary/aromatic N) is 1. The van der Waals surface area contributed by atoms with Gasteiger partial charge in [-0.2, -0.15) is 0 Å². The molecular formula is C22H27NO4. The number of aryl methyl sites for hydroxylation is 2. The summed E-state index contributed by atoms with van der Waals surface area (Å²) in [5.41, 5.74) is 4.08. The van der Waals surface area contributed by atoms with Crippen molar-refractivity contribution >= 4 is 6.21 Å². The molecule has 0 saturated carbocycles. The zero-order valence-corrected chi connectivity index (χ0v) is 16.4. The largest absolute Gasteiger partial charge is 0.490 e. The second-order valence-corrected chi connectivity index (χ2v) is 6.04. The Morgan fingerprint density at radius 2 is 1.70 bits per heavy atom. The molecule has 2 aromatic carbocycles. The highest BCUT2D eigenvalue weighted by Crippen LogP contribution is 2.28. The van der Waals surface area contributed by atoms with Crippen LogP contribution in [0.3, 0.4) is 0 Å². The van der Waals surface area contributed by atoms with Gasteiger partial charge in [0.05, 0.1) is 12.8 Å². The number of rotatable bonds is 10. The first-order valence-corrected chi connectivity index (χ1v) is 8.85. The number of benzene rings is 2. The van der Waals surface area contributed by atoms with Crippen molar-refractivity contribution in [1.29, 1.82) is 0 Å². The van der Waals surface area contributed by atoms with Crippen molar-refractivity contribution in [2.24, 2.45) is 5.16 Å². The Hall–Kier alpha value is -2.79. The summed E-state index contributed by atoms with van der Waals surface area (Å²) >= 11 is 0. The van der Waals surface area contributed by atoms with Gasteiger partial charge in [-0.1, -0.05) is 41.6 Å². The molecule has 0 amide bonds. The highest BCUT2D eigenvalue weighted by Gasteiger charge is 2.07. The summed E-state index contributed by atoms with van der Waals surface area (Å²) in [6, 6.07) is 11.9. The SMILES string of the molecule is C/C=C/COc1cc(C)c(OCOCc2ccc(C=NOC)cc2)c(C)c1. The zero-order valence-electron chi connectivity index (χ0n) is 16.4. The molecule has 5 heteroatoms. The van der Waals surface area contributed by atoms with Gasteiger partial charge in [0.1, 0.15) is 25.2 Å². The minimum absolute atomic E-state index is 0.188. The molecule has 0 radical (unpaired) electrons. The van der Waals surface area contributed by atoms with Gasteiger partial charge in [0, 0.05) is 0 Å². The summed E-state index contributed by atoms with van der Waals surface area (Å²) in [5.74, 6) is 1.67. The summed E-state index contributed by atoms with van der Waals surface area (Å²) in [6.07, 6.45) is 5.60. The molecule has 0 aliphatic carbocycles. The van der Waals surface area contributed by atoms with Crippen LogP contribution in [0.2, 0.25) is 0 Å². The molecule has 0 unspecified atom stereocenters. The van der Waals surface area contributed by atoms with Crippen LogP contribution >= 0.6 is 0 Å². The van der Waals surface area contributed by atoms with Crippen molar-refractivity contribution in [2.75, 3.05) is 20.5 Å². The number of oxime groups is 1. The predicted molar refractivity (Wildman–Crippen MR) is 108 cm³/mol. The summed E-state index contributed by atoms with van der Waals surface area (Å²) in [4.78, 5) is 4.67. The molecule has 2 aromatic rings. The third-order valence-electron chi connectivity index (χ3n) is 3.86. The van der Waals surface area contributed by atoms with Crippen LogP contribution in [0.25, 0.3) is 0 Å². The molecule has 0 aliphatic rings. The molecular weight excluding hydrogens is 342 g/mol. The molecule has 0 N–H and O–H groups in total. The number of allylic oxidation sites excluding steroid dienone is 1. The molecule has 0 aromatic heterocycles. The van der Waals surface area contributed by atoms with Gasteiger partial charge in [-0.15, -0.1) is 0 Å². The van der Waals surface area contributed by atoms with Gasteiger partial charge >= 0.3 is 0 Å². The minimum atomic E-state index is 0.188. The predicted octanol–water partition coefficient (Wildman–Crippen LogP) is 4.79. The van der Waals surface area contributed by atoms with E-state index >= 15 is 0 Å². The van der Waals surface area contributed by atoms with E-state index in [4.69, 9.17) is 14.2 Å². The van der Waals surface area contributed by atoms with Crippen LogP contribution in [0.4, 0.5) is 0 Å². The van der Waals surface area contributed by atoms with Gasteiger partial charge in [-0.3, -0.25) is 0 Å². The molecule has 0 saturated heterocycles. The summed E-state index contributed by atoms with van der Waals surface area (Å²) in [5, 5.41) is 3.74. The normalized spacial score (nSPS) is 11.3. The van der Waals surface area contributed by atoms with Crippen molar-refractivity contribution in [1.82, 2.24) is 0 Å².